The number of rotatable bonds is 15. The van der Waals surface area contributed by atoms with Gasteiger partial charge in [0.25, 0.3) is 0 Å². The van der Waals surface area contributed by atoms with Gasteiger partial charge in [-0.25, -0.2) is 4.18 Å². The van der Waals surface area contributed by atoms with E-state index >= 15 is 0 Å². The van der Waals surface area contributed by atoms with E-state index in [4.69, 9.17) is 14.8 Å². The Morgan fingerprint density at radius 3 is 1.74 bits per heavy atom. The fraction of sp³-hybridized carbons (Fsp3) is 1.00. The first-order valence-electron chi connectivity index (χ1n) is 8.73. The van der Waals surface area contributed by atoms with E-state index in [9.17, 15) is 8.42 Å². The highest BCUT2D eigenvalue weighted by Crippen LogP contribution is 2.26. The van der Waals surface area contributed by atoms with Crippen LogP contribution in [0.5, 0.6) is 0 Å². The normalized spacial score (nSPS) is 15.0. The fourth-order valence-corrected chi connectivity index (χ4v) is 3.46. The first kappa shape index (κ1) is 22.8. The summed E-state index contributed by atoms with van der Waals surface area (Å²) in [6.07, 6.45) is 9.94. The molecule has 23 heavy (non-hydrogen) atoms. The lowest BCUT2D eigenvalue weighted by Crippen LogP contribution is -2.35. The Morgan fingerprint density at radius 2 is 1.35 bits per heavy atom. The van der Waals surface area contributed by atoms with Gasteiger partial charge in [0.1, 0.15) is 0 Å². The Balaban J connectivity index is 3.87. The second-order valence-electron chi connectivity index (χ2n) is 6.58. The van der Waals surface area contributed by atoms with Crippen LogP contribution in [-0.4, -0.2) is 35.1 Å². The van der Waals surface area contributed by atoms with E-state index in [1.54, 1.807) is 0 Å². The maximum atomic E-state index is 10.9. The molecule has 6 nitrogen and oxygen atoms in total. The van der Waals surface area contributed by atoms with E-state index < -0.39 is 22.3 Å². The molecule has 140 valence electrons. The molecular formula is C16H34O6S. The molecule has 0 heterocycles. The fourth-order valence-electron chi connectivity index (χ4n) is 2.80. The van der Waals surface area contributed by atoms with Crippen LogP contribution in [0, 0.1) is 0 Å². The minimum atomic E-state index is -4.61. The van der Waals surface area contributed by atoms with Crippen molar-refractivity contribution in [3.8, 4) is 0 Å². The number of unbranched alkanes of at least 4 members (excludes halogenated alkanes) is 9. The molecule has 0 saturated carbocycles. The summed E-state index contributed by atoms with van der Waals surface area (Å²) >= 11 is 0. The topological polar surface area (TPSA) is 104 Å². The van der Waals surface area contributed by atoms with Crippen molar-refractivity contribution in [3.63, 3.8) is 0 Å². The summed E-state index contributed by atoms with van der Waals surface area (Å²) in [6, 6.07) is 0. The zero-order valence-corrected chi connectivity index (χ0v) is 15.4. The summed E-state index contributed by atoms with van der Waals surface area (Å²) in [4.78, 5) is 0. The maximum Gasteiger partial charge on any atom is 0.397 e. The van der Waals surface area contributed by atoms with Crippen molar-refractivity contribution < 1.29 is 27.4 Å². The Kier molecular flexibility index (Phi) is 12.1. The predicted octanol–water partition coefficient (Wildman–Crippen LogP) is 3.58. The second-order valence-corrected chi connectivity index (χ2v) is 7.60. The van der Waals surface area contributed by atoms with Gasteiger partial charge >= 0.3 is 10.4 Å². The highest BCUT2D eigenvalue weighted by atomic mass is 32.3. The number of aliphatic hydroxyl groups excluding tert-OH is 1. The Morgan fingerprint density at radius 1 is 0.913 bits per heavy atom. The zero-order valence-electron chi connectivity index (χ0n) is 14.5. The van der Waals surface area contributed by atoms with Gasteiger partial charge in [0, 0.05) is 6.42 Å². The average molecular weight is 355 g/mol. The first-order chi connectivity index (χ1) is 10.7. The van der Waals surface area contributed by atoms with Crippen LogP contribution in [0.1, 0.15) is 90.9 Å². The first-order valence-corrected chi connectivity index (χ1v) is 10.1. The van der Waals surface area contributed by atoms with Gasteiger partial charge in [0.2, 0.25) is 0 Å². The molecule has 0 rings (SSSR count). The van der Waals surface area contributed by atoms with Gasteiger partial charge in [-0.15, -0.1) is 0 Å². The summed E-state index contributed by atoms with van der Waals surface area (Å²) in [6.45, 7) is 3.67. The van der Waals surface area contributed by atoms with Crippen molar-refractivity contribution in [3.05, 3.63) is 0 Å². The summed E-state index contributed by atoms with van der Waals surface area (Å²) in [5.74, 6) is 0. The lowest BCUT2D eigenvalue weighted by molar-refractivity contribution is -0.0917. The minimum Gasteiger partial charge on any atom is -0.368 e. The van der Waals surface area contributed by atoms with E-state index in [-0.39, 0.29) is 6.42 Å². The van der Waals surface area contributed by atoms with Gasteiger partial charge in [-0.1, -0.05) is 71.1 Å². The highest BCUT2D eigenvalue weighted by Gasteiger charge is 2.32. The van der Waals surface area contributed by atoms with Crippen LogP contribution in [-0.2, 0) is 14.6 Å². The molecule has 0 aliphatic carbocycles. The van der Waals surface area contributed by atoms with Crippen molar-refractivity contribution in [2.75, 3.05) is 0 Å². The standard InChI is InChI=1S/C16H34O6S/c1-3-4-5-6-7-8-9-10-11-12-13-16(2,14-15(17)18)22-23(19,20)21/h15,17-18H,3-14H2,1-2H3,(H,19,20,21). The quantitative estimate of drug-likeness (QED) is 0.236. The van der Waals surface area contributed by atoms with E-state index in [2.05, 4.69) is 11.1 Å². The van der Waals surface area contributed by atoms with Gasteiger partial charge in [0.05, 0.1) is 5.60 Å². The molecule has 0 spiro atoms. The molecule has 0 aromatic rings. The van der Waals surface area contributed by atoms with Crippen LogP contribution in [0.3, 0.4) is 0 Å². The van der Waals surface area contributed by atoms with Crippen LogP contribution < -0.4 is 0 Å². The lowest BCUT2D eigenvalue weighted by atomic mass is 9.94. The van der Waals surface area contributed by atoms with E-state index in [0.29, 0.717) is 12.8 Å². The van der Waals surface area contributed by atoms with Gasteiger partial charge in [-0.3, -0.25) is 4.55 Å². The van der Waals surface area contributed by atoms with E-state index in [1.807, 2.05) is 0 Å². The van der Waals surface area contributed by atoms with Gasteiger partial charge < -0.3 is 10.2 Å². The minimum absolute atomic E-state index is 0.260. The Labute approximate surface area is 141 Å². The second kappa shape index (κ2) is 12.2. The molecule has 1 atom stereocenters. The molecular weight excluding hydrogens is 320 g/mol. The van der Waals surface area contributed by atoms with Crippen molar-refractivity contribution in [1.82, 2.24) is 0 Å². The van der Waals surface area contributed by atoms with Gasteiger partial charge in [0.15, 0.2) is 6.29 Å². The van der Waals surface area contributed by atoms with Gasteiger partial charge in [-0.05, 0) is 13.3 Å². The summed E-state index contributed by atoms with van der Waals surface area (Å²) in [5, 5.41) is 18.1. The molecule has 0 radical (unpaired) electrons. The van der Waals surface area contributed by atoms with Crippen LogP contribution in [0.2, 0.25) is 0 Å². The average Bonchev–Trinajstić information content (AvgIpc) is 2.37. The zero-order chi connectivity index (χ0) is 17.8. The predicted molar refractivity (Wildman–Crippen MR) is 90.3 cm³/mol. The molecule has 0 aliphatic heterocycles. The SMILES string of the molecule is CCCCCCCCCCCCC(C)(CC(O)O)OS(=O)(=O)O. The van der Waals surface area contributed by atoms with Crippen LogP contribution >= 0.6 is 0 Å². The largest absolute Gasteiger partial charge is 0.397 e. The van der Waals surface area contributed by atoms with Crippen molar-refractivity contribution >= 4 is 10.4 Å². The summed E-state index contributed by atoms with van der Waals surface area (Å²) in [5.41, 5.74) is -1.29. The molecule has 0 aromatic heterocycles. The third kappa shape index (κ3) is 15.1. The smallest absolute Gasteiger partial charge is 0.368 e. The van der Waals surface area contributed by atoms with Crippen LogP contribution in [0.15, 0.2) is 0 Å². The van der Waals surface area contributed by atoms with E-state index in [1.165, 1.54) is 45.4 Å². The van der Waals surface area contributed by atoms with Gasteiger partial charge in [-0.2, -0.15) is 8.42 Å². The summed E-state index contributed by atoms with van der Waals surface area (Å²) in [7, 11) is -4.61. The van der Waals surface area contributed by atoms with Crippen molar-refractivity contribution in [2.24, 2.45) is 0 Å². The Hall–Kier alpha value is -0.210. The molecule has 0 amide bonds. The molecule has 7 heteroatoms. The van der Waals surface area contributed by atoms with E-state index in [0.717, 1.165) is 19.3 Å². The Bertz CT molecular complexity index is 382. The maximum absolute atomic E-state index is 10.9. The number of aliphatic hydroxyl groups is 2. The molecule has 0 bridgehead atoms. The monoisotopic (exact) mass is 354 g/mol. The summed E-state index contributed by atoms with van der Waals surface area (Å²) < 4.78 is 35.2. The molecule has 0 fully saturated rings. The van der Waals surface area contributed by atoms with Crippen LogP contribution in [0.25, 0.3) is 0 Å². The molecule has 0 saturated heterocycles. The van der Waals surface area contributed by atoms with Crippen LogP contribution in [0.4, 0.5) is 0 Å². The molecule has 0 aromatic carbocycles. The molecule has 1 unspecified atom stereocenters. The molecule has 3 N–H and O–H groups in total. The number of hydrogen-bond acceptors (Lipinski definition) is 5. The van der Waals surface area contributed by atoms with Crippen molar-refractivity contribution in [2.45, 2.75) is 103 Å². The highest BCUT2D eigenvalue weighted by molar-refractivity contribution is 7.80. The molecule has 0 aliphatic rings. The van der Waals surface area contributed by atoms with Crippen molar-refractivity contribution in [1.29, 1.82) is 0 Å². The number of hydrogen-bond donors (Lipinski definition) is 3. The third-order valence-corrected chi connectivity index (χ3v) is 4.59. The lowest BCUT2D eigenvalue weighted by Gasteiger charge is -2.28. The third-order valence-electron chi connectivity index (χ3n) is 3.98.